The van der Waals surface area contributed by atoms with Crippen LogP contribution >= 0.6 is 0 Å². The van der Waals surface area contributed by atoms with E-state index < -0.39 is 23.4 Å². The van der Waals surface area contributed by atoms with Gasteiger partial charge in [0.2, 0.25) is 0 Å². The van der Waals surface area contributed by atoms with Crippen molar-refractivity contribution < 1.29 is 22.0 Å². The van der Waals surface area contributed by atoms with Crippen molar-refractivity contribution >= 4 is 0 Å². The molecule has 2 rings (SSSR count). The van der Waals surface area contributed by atoms with Gasteiger partial charge in [0.15, 0.2) is 0 Å². The maximum atomic E-state index is 13.1. The standard InChI is InChI=1S/C13H8F5N.C2H6/c14-10-1-2-19-12(7-10)5-8-3-9(13(16,17)18)6-11(15)4-8;1-2/h1-4,6-7H,5H2;1-2H3. The highest BCUT2D eigenvalue weighted by Crippen LogP contribution is 2.30. The molecule has 0 saturated heterocycles. The van der Waals surface area contributed by atoms with Gasteiger partial charge in [-0.2, -0.15) is 13.2 Å². The van der Waals surface area contributed by atoms with E-state index >= 15 is 0 Å². The zero-order valence-corrected chi connectivity index (χ0v) is 11.5. The monoisotopic (exact) mass is 303 g/mol. The van der Waals surface area contributed by atoms with E-state index in [0.717, 1.165) is 24.3 Å². The van der Waals surface area contributed by atoms with Crippen LogP contribution in [0.1, 0.15) is 30.7 Å². The topological polar surface area (TPSA) is 12.9 Å². The number of pyridine rings is 1. The van der Waals surface area contributed by atoms with Gasteiger partial charge in [0.1, 0.15) is 11.6 Å². The number of alkyl halides is 3. The molecule has 0 fully saturated rings. The third-order valence-corrected chi connectivity index (χ3v) is 2.45. The average molecular weight is 303 g/mol. The fourth-order valence-electron chi connectivity index (χ4n) is 1.67. The third-order valence-electron chi connectivity index (χ3n) is 2.45. The summed E-state index contributed by atoms with van der Waals surface area (Å²) in [5.41, 5.74) is -0.747. The Morgan fingerprint density at radius 2 is 1.62 bits per heavy atom. The van der Waals surface area contributed by atoms with Crippen LogP contribution in [0.3, 0.4) is 0 Å². The molecule has 0 unspecified atom stereocenters. The summed E-state index contributed by atoms with van der Waals surface area (Å²) in [4.78, 5) is 3.81. The van der Waals surface area contributed by atoms with Crippen molar-refractivity contribution in [1.82, 2.24) is 4.98 Å². The van der Waals surface area contributed by atoms with Gasteiger partial charge >= 0.3 is 6.18 Å². The largest absolute Gasteiger partial charge is 0.416 e. The molecule has 1 heterocycles. The van der Waals surface area contributed by atoms with Crippen LogP contribution in [0.25, 0.3) is 0 Å². The second-order valence-corrected chi connectivity index (χ2v) is 3.99. The molecule has 0 aliphatic rings. The first-order valence-electron chi connectivity index (χ1n) is 6.32. The SMILES string of the molecule is CC.Fc1cc(Cc2cc(F)ccn2)cc(C(F)(F)F)c1. The molecule has 0 aliphatic carbocycles. The van der Waals surface area contributed by atoms with Crippen LogP contribution in [0.2, 0.25) is 0 Å². The summed E-state index contributed by atoms with van der Waals surface area (Å²) in [6.07, 6.45) is -3.49. The summed E-state index contributed by atoms with van der Waals surface area (Å²) in [6, 6.07) is 4.44. The van der Waals surface area contributed by atoms with Gasteiger partial charge in [-0.1, -0.05) is 13.8 Å². The summed E-state index contributed by atoms with van der Waals surface area (Å²) in [5, 5.41) is 0. The number of halogens is 5. The number of hydrogen-bond donors (Lipinski definition) is 0. The quantitative estimate of drug-likeness (QED) is 0.712. The second kappa shape index (κ2) is 7.15. The third kappa shape index (κ3) is 5.13. The lowest BCUT2D eigenvalue weighted by molar-refractivity contribution is -0.137. The van der Waals surface area contributed by atoms with Gasteiger partial charge in [-0.3, -0.25) is 4.98 Å². The molecule has 1 nitrogen and oxygen atoms in total. The van der Waals surface area contributed by atoms with Gasteiger partial charge in [-0.15, -0.1) is 0 Å². The Morgan fingerprint density at radius 3 is 2.19 bits per heavy atom. The molecule has 0 bridgehead atoms. The highest BCUT2D eigenvalue weighted by molar-refractivity contribution is 5.29. The van der Waals surface area contributed by atoms with Crippen molar-refractivity contribution in [2.75, 3.05) is 0 Å². The Bertz CT molecular complexity index is 593. The summed E-state index contributed by atoms with van der Waals surface area (Å²) in [7, 11) is 0. The Kier molecular flexibility index (Phi) is 5.81. The number of aromatic nitrogens is 1. The molecule has 0 saturated carbocycles. The minimum atomic E-state index is -4.62. The molecule has 2 aromatic rings. The van der Waals surface area contributed by atoms with Gasteiger partial charge in [0.25, 0.3) is 0 Å². The molecule has 0 amide bonds. The average Bonchev–Trinajstić information content (AvgIpc) is 2.39. The van der Waals surface area contributed by atoms with Crippen LogP contribution in [0.15, 0.2) is 36.5 Å². The number of nitrogens with zero attached hydrogens (tertiary/aromatic N) is 1. The van der Waals surface area contributed by atoms with Crippen LogP contribution < -0.4 is 0 Å². The van der Waals surface area contributed by atoms with Crippen LogP contribution in [0, 0.1) is 11.6 Å². The van der Waals surface area contributed by atoms with E-state index in [0.29, 0.717) is 6.07 Å². The fourth-order valence-corrected chi connectivity index (χ4v) is 1.67. The predicted molar refractivity (Wildman–Crippen MR) is 69.8 cm³/mol. The zero-order chi connectivity index (χ0) is 16.0. The molecule has 0 aliphatic heterocycles. The zero-order valence-electron chi connectivity index (χ0n) is 11.5. The van der Waals surface area contributed by atoms with Gasteiger partial charge in [0.05, 0.1) is 5.56 Å². The maximum Gasteiger partial charge on any atom is 0.416 e. The Balaban J connectivity index is 0.00000106. The Morgan fingerprint density at radius 1 is 0.952 bits per heavy atom. The minimum Gasteiger partial charge on any atom is -0.261 e. The number of benzene rings is 1. The smallest absolute Gasteiger partial charge is 0.261 e. The highest BCUT2D eigenvalue weighted by atomic mass is 19.4. The number of hydrogen-bond acceptors (Lipinski definition) is 1. The van der Waals surface area contributed by atoms with Crippen molar-refractivity contribution in [3.8, 4) is 0 Å². The summed E-state index contributed by atoms with van der Waals surface area (Å²) >= 11 is 0. The summed E-state index contributed by atoms with van der Waals surface area (Å²) in [5.74, 6) is -1.53. The normalized spacial score (nSPS) is 10.8. The van der Waals surface area contributed by atoms with E-state index in [1.54, 1.807) is 0 Å². The van der Waals surface area contributed by atoms with Crippen molar-refractivity contribution in [2.24, 2.45) is 0 Å². The van der Waals surface area contributed by atoms with Crippen LogP contribution in [-0.4, -0.2) is 4.98 Å². The summed E-state index contributed by atoms with van der Waals surface area (Å²) in [6.45, 7) is 4.00. The van der Waals surface area contributed by atoms with Crippen molar-refractivity contribution in [2.45, 2.75) is 26.4 Å². The van der Waals surface area contributed by atoms with E-state index in [2.05, 4.69) is 4.98 Å². The molecule has 0 radical (unpaired) electrons. The van der Waals surface area contributed by atoms with Crippen molar-refractivity contribution in [3.05, 3.63) is 65.0 Å². The predicted octanol–water partition coefficient (Wildman–Crippen LogP) is 5.00. The van der Waals surface area contributed by atoms with Gasteiger partial charge in [-0.25, -0.2) is 8.78 Å². The van der Waals surface area contributed by atoms with Gasteiger partial charge < -0.3 is 0 Å². The molecular formula is C15H14F5N. The molecule has 0 spiro atoms. The lowest BCUT2D eigenvalue weighted by Crippen LogP contribution is -2.06. The number of rotatable bonds is 2. The summed E-state index contributed by atoms with van der Waals surface area (Å²) < 4.78 is 63.6. The van der Waals surface area contributed by atoms with E-state index in [-0.39, 0.29) is 17.7 Å². The van der Waals surface area contributed by atoms with E-state index in [4.69, 9.17) is 0 Å². The highest BCUT2D eigenvalue weighted by Gasteiger charge is 2.31. The van der Waals surface area contributed by atoms with Gasteiger partial charge in [0, 0.05) is 18.3 Å². The van der Waals surface area contributed by atoms with E-state index in [1.165, 1.54) is 6.20 Å². The maximum absolute atomic E-state index is 13.1. The molecule has 0 atom stereocenters. The Labute approximate surface area is 119 Å². The van der Waals surface area contributed by atoms with Gasteiger partial charge in [-0.05, 0) is 35.9 Å². The first-order chi connectivity index (χ1) is 9.84. The van der Waals surface area contributed by atoms with Crippen LogP contribution in [-0.2, 0) is 12.6 Å². The lowest BCUT2D eigenvalue weighted by Gasteiger charge is -2.09. The second-order valence-electron chi connectivity index (χ2n) is 3.99. The van der Waals surface area contributed by atoms with Crippen LogP contribution in [0.5, 0.6) is 0 Å². The molecule has 0 N–H and O–H groups in total. The lowest BCUT2D eigenvalue weighted by atomic mass is 10.1. The van der Waals surface area contributed by atoms with Crippen molar-refractivity contribution in [1.29, 1.82) is 0 Å². The molecular weight excluding hydrogens is 289 g/mol. The fraction of sp³-hybridized carbons (Fsp3) is 0.267. The molecule has 1 aromatic carbocycles. The van der Waals surface area contributed by atoms with E-state index in [1.807, 2.05) is 13.8 Å². The van der Waals surface area contributed by atoms with E-state index in [9.17, 15) is 22.0 Å². The first-order valence-corrected chi connectivity index (χ1v) is 6.32. The minimum absolute atomic E-state index is 0.0708. The Hall–Kier alpha value is -1.98. The van der Waals surface area contributed by atoms with Crippen molar-refractivity contribution in [3.63, 3.8) is 0 Å². The molecule has 21 heavy (non-hydrogen) atoms. The molecule has 114 valence electrons. The van der Waals surface area contributed by atoms with Crippen LogP contribution in [0.4, 0.5) is 22.0 Å². The first kappa shape index (κ1) is 17.1. The molecule has 1 aromatic heterocycles. The molecule has 6 heteroatoms.